The summed E-state index contributed by atoms with van der Waals surface area (Å²) in [6.45, 7) is 0.946. The number of hydrogen-bond acceptors (Lipinski definition) is 4. The van der Waals surface area contributed by atoms with Crippen molar-refractivity contribution in [3.63, 3.8) is 0 Å². The highest BCUT2D eigenvalue weighted by molar-refractivity contribution is 5.94. The highest BCUT2D eigenvalue weighted by atomic mass is 16.5. The third-order valence-corrected chi connectivity index (χ3v) is 3.93. The van der Waals surface area contributed by atoms with Crippen LogP contribution in [0.2, 0.25) is 0 Å². The van der Waals surface area contributed by atoms with Gasteiger partial charge in [-0.25, -0.2) is 0 Å². The van der Waals surface area contributed by atoms with Crippen molar-refractivity contribution in [3.8, 4) is 5.75 Å². The largest absolute Gasteiger partial charge is 0.494 e. The summed E-state index contributed by atoms with van der Waals surface area (Å²) in [5.41, 5.74) is 1.90. The van der Waals surface area contributed by atoms with Gasteiger partial charge in [0.15, 0.2) is 0 Å². The van der Waals surface area contributed by atoms with Gasteiger partial charge in [-0.05, 0) is 49.4 Å². The van der Waals surface area contributed by atoms with Crippen molar-refractivity contribution >= 4 is 23.5 Å². The van der Waals surface area contributed by atoms with Crippen molar-refractivity contribution in [2.24, 2.45) is 0 Å². The highest BCUT2D eigenvalue weighted by Gasteiger charge is 2.15. The van der Waals surface area contributed by atoms with Crippen molar-refractivity contribution in [2.45, 2.75) is 44.9 Å². The van der Waals surface area contributed by atoms with Gasteiger partial charge in [-0.15, -0.1) is 0 Å². The van der Waals surface area contributed by atoms with E-state index in [1.165, 1.54) is 0 Å². The van der Waals surface area contributed by atoms with Crippen LogP contribution in [0.25, 0.3) is 0 Å². The molecule has 1 aliphatic rings. The zero-order chi connectivity index (χ0) is 18.1. The van der Waals surface area contributed by atoms with Crippen LogP contribution >= 0.6 is 0 Å². The molecule has 1 aliphatic heterocycles. The van der Waals surface area contributed by atoms with Crippen molar-refractivity contribution in [1.29, 1.82) is 0 Å². The van der Waals surface area contributed by atoms with Crippen LogP contribution < -0.4 is 15.4 Å². The Labute approximate surface area is 146 Å². The molecule has 1 aromatic carbocycles. The number of unbranched alkanes of at least 4 members (excludes halogenated alkanes) is 1. The van der Waals surface area contributed by atoms with Crippen LogP contribution in [0.5, 0.6) is 5.75 Å². The van der Waals surface area contributed by atoms with Gasteiger partial charge in [0.2, 0.25) is 11.8 Å². The lowest BCUT2D eigenvalue weighted by Crippen LogP contribution is -2.24. The van der Waals surface area contributed by atoms with Gasteiger partial charge in [-0.2, -0.15) is 0 Å². The van der Waals surface area contributed by atoms with Crippen LogP contribution in [0.4, 0.5) is 5.69 Å². The molecule has 0 saturated carbocycles. The molecule has 2 rings (SSSR count). The van der Waals surface area contributed by atoms with E-state index in [1.807, 2.05) is 18.2 Å². The first-order valence-electron chi connectivity index (χ1n) is 8.58. The van der Waals surface area contributed by atoms with E-state index in [9.17, 15) is 14.4 Å². The number of carboxylic acid groups (broad SMARTS) is 1. The second-order valence-electron chi connectivity index (χ2n) is 6.02. The molecule has 25 heavy (non-hydrogen) atoms. The van der Waals surface area contributed by atoms with Gasteiger partial charge in [0.1, 0.15) is 5.75 Å². The van der Waals surface area contributed by atoms with E-state index in [0.717, 1.165) is 17.0 Å². The van der Waals surface area contributed by atoms with Gasteiger partial charge < -0.3 is 20.5 Å². The van der Waals surface area contributed by atoms with Crippen molar-refractivity contribution in [1.82, 2.24) is 5.32 Å². The lowest BCUT2D eigenvalue weighted by molar-refractivity contribution is -0.137. The molecule has 136 valence electrons. The first kappa shape index (κ1) is 18.8. The molecule has 0 aromatic heterocycles. The van der Waals surface area contributed by atoms with Gasteiger partial charge in [-0.1, -0.05) is 0 Å². The zero-order valence-electron chi connectivity index (χ0n) is 14.2. The average Bonchev–Trinajstić information content (AvgIpc) is 2.58. The van der Waals surface area contributed by atoms with E-state index in [1.54, 1.807) is 0 Å². The molecule has 0 radical (unpaired) electrons. The van der Waals surface area contributed by atoms with Gasteiger partial charge >= 0.3 is 5.97 Å². The number of amides is 2. The fourth-order valence-electron chi connectivity index (χ4n) is 2.59. The number of ether oxygens (including phenoxy) is 1. The summed E-state index contributed by atoms with van der Waals surface area (Å²) < 4.78 is 5.66. The summed E-state index contributed by atoms with van der Waals surface area (Å²) >= 11 is 0. The van der Waals surface area contributed by atoms with E-state index in [0.29, 0.717) is 51.7 Å². The fourth-order valence-corrected chi connectivity index (χ4v) is 2.59. The van der Waals surface area contributed by atoms with Gasteiger partial charge in [-0.3, -0.25) is 14.4 Å². The second kappa shape index (κ2) is 9.66. The maximum absolute atomic E-state index is 11.7. The number of anilines is 1. The van der Waals surface area contributed by atoms with E-state index in [-0.39, 0.29) is 18.2 Å². The number of carboxylic acids is 1. The molecule has 0 unspecified atom stereocenters. The normalized spacial score (nSPS) is 12.9. The predicted octanol–water partition coefficient (Wildman–Crippen LogP) is 2.10. The Hall–Kier alpha value is -2.57. The Kier molecular flexibility index (Phi) is 7.25. The van der Waals surface area contributed by atoms with E-state index in [2.05, 4.69) is 10.6 Å². The number of rotatable bonds is 10. The molecule has 0 atom stereocenters. The Morgan fingerprint density at radius 1 is 1.16 bits per heavy atom. The highest BCUT2D eigenvalue weighted by Crippen LogP contribution is 2.26. The van der Waals surface area contributed by atoms with Crippen LogP contribution in [-0.4, -0.2) is 36.0 Å². The molecule has 0 bridgehead atoms. The lowest BCUT2D eigenvalue weighted by Gasteiger charge is -2.17. The summed E-state index contributed by atoms with van der Waals surface area (Å²) in [6, 6.07) is 5.58. The summed E-state index contributed by atoms with van der Waals surface area (Å²) in [5.74, 6) is -0.0840. The van der Waals surface area contributed by atoms with E-state index in [4.69, 9.17) is 9.84 Å². The van der Waals surface area contributed by atoms with Gasteiger partial charge in [0, 0.05) is 31.5 Å². The van der Waals surface area contributed by atoms with E-state index >= 15 is 0 Å². The second-order valence-corrected chi connectivity index (χ2v) is 6.02. The van der Waals surface area contributed by atoms with Gasteiger partial charge in [0.05, 0.1) is 6.61 Å². The van der Waals surface area contributed by atoms with Crippen LogP contribution in [0.15, 0.2) is 18.2 Å². The molecule has 3 N–H and O–H groups in total. The molecule has 0 spiro atoms. The van der Waals surface area contributed by atoms with E-state index < -0.39 is 5.97 Å². The van der Waals surface area contributed by atoms with Crippen LogP contribution in [-0.2, 0) is 20.8 Å². The van der Waals surface area contributed by atoms with Crippen molar-refractivity contribution in [2.75, 3.05) is 18.5 Å². The van der Waals surface area contributed by atoms with Crippen LogP contribution in [0, 0.1) is 0 Å². The maximum Gasteiger partial charge on any atom is 0.303 e. The van der Waals surface area contributed by atoms with Gasteiger partial charge in [0.25, 0.3) is 0 Å². The number of nitrogens with one attached hydrogen (secondary N) is 2. The first-order valence-corrected chi connectivity index (χ1v) is 8.58. The molecule has 7 nitrogen and oxygen atoms in total. The molecule has 1 heterocycles. The summed E-state index contributed by atoms with van der Waals surface area (Å²) in [4.78, 5) is 33.3. The summed E-state index contributed by atoms with van der Waals surface area (Å²) in [6.07, 6.45) is 3.55. The van der Waals surface area contributed by atoms with Crippen LogP contribution in [0.1, 0.15) is 44.1 Å². The number of hydrogen-bond donors (Lipinski definition) is 3. The number of fused-ring (bicyclic) bond motifs is 1. The number of aryl methyl sites for hydroxylation is 1. The van der Waals surface area contributed by atoms with Crippen LogP contribution in [0.3, 0.4) is 0 Å². The SMILES string of the molecule is O=C(O)CCCCNC(=O)CCCOc1ccc2c(c1)CCC(=O)N2. The summed E-state index contributed by atoms with van der Waals surface area (Å²) in [5, 5.41) is 14.1. The summed E-state index contributed by atoms with van der Waals surface area (Å²) in [7, 11) is 0. The molecule has 2 amide bonds. The fraction of sp³-hybridized carbons (Fsp3) is 0.500. The smallest absolute Gasteiger partial charge is 0.303 e. The first-order chi connectivity index (χ1) is 12.0. The minimum Gasteiger partial charge on any atom is -0.494 e. The Morgan fingerprint density at radius 3 is 2.80 bits per heavy atom. The monoisotopic (exact) mass is 348 g/mol. The number of aliphatic carboxylic acids is 1. The topological polar surface area (TPSA) is 105 Å². The molecule has 7 heteroatoms. The zero-order valence-corrected chi connectivity index (χ0v) is 14.2. The molecule has 0 aliphatic carbocycles. The minimum absolute atomic E-state index is 0.0372. The molecule has 0 saturated heterocycles. The maximum atomic E-state index is 11.7. The quantitative estimate of drug-likeness (QED) is 0.562. The molecular weight excluding hydrogens is 324 g/mol. The Morgan fingerprint density at radius 2 is 2.00 bits per heavy atom. The third-order valence-electron chi connectivity index (χ3n) is 3.93. The third kappa shape index (κ3) is 6.82. The average molecular weight is 348 g/mol. The molecule has 0 fully saturated rings. The Balaban J connectivity index is 1.59. The van der Waals surface area contributed by atoms with Crippen molar-refractivity contribution in [3.05, 3.63) is 23.8 Å². The standard InChI is InChI=1S/C18H24N2O5/c21-16(19-10-2-1-5-18(23)24)4-3-11-25-14-7-8-15-13(12-14)6-9-17(22)20-15/h7-8,12H,1-6,9-11H2,(H,19,21)(H,20,22)(H,23,24). The lowest BCUT2D eigenvalue weighted by atomic mass is 10.0. The number of benzene rings is 1. The molecule has 1 aromatic rings. The number of carbonyl (C=O) groups is 3. The predicted molar refractivity (Wildman–Crippen MR) is 92.6 cm³/mol. The van der Waals surface area contributed by atoms with Crippen molar-refractivity contribution < 1.29 is 24.2 Å². The number of carbonyl (C=O) groups excluding carboxylic acids is 2. The Bertz CT molecular complexity index is 630. The molecular formula is C18H24N2O5. The minimum atomic E-state index is -0.812.